The van der Waals surface area contributed by atoms with Gasteiger partial charge in [-0.15, -0.1) is 22.7 Å². The second-order valence-electron chi connectivity index (χ2n) is 4.85. The topological polar surface area (TPSA) is 77.8 Å². The molecule has 4 N–H and O–H groups in total. The van der Waals surface area contributed by atoms with E-state index in [0.29, 0.717) is 10.3 Å². The number of thiazole rings is 2. The third kappa shape index (κ3) is 2.64. The molecule has 2 aromatic heterocycles. The molecule has 6 heteroatoms. The van der Waals surface area contributed by atoms with Gasteiger partial charge in [-0.2, -0.15) is 0 Å². The van der Waals surface area contributed by atoms with Crippen LogP contribution in [0.4, 0.5) is 10.3 Å². The highest BCUT2D eigenvalue weighted by molar-refractivity contribution is 7.17. The molecule has 0 spiro atoms. The molecule has 4 nitrogen and oxygen atoms in total. The van der Waals surface area contributed by atoms with Gasteiger partial charge in [0.15, 0.2) is 10.3 Å². The molecule has 0 atom stereocenters. The zero-order valence-electron chi connectivity index (χ0n) is 11.8. The Morgan fingerprint density at radius 2 is 1.33 bits per heavy atom. The summed E-state index contributed by atoms with van der Waals surface area (Å²) < 4.78 is 0. The lowest BCUT2D eigenvalue weighted by molar-refractivity contribution is 0.980. The fraction of sp³-hybridized carbons (Fsp3) is 0.200. The van der Waals surface area contributed by atoms with Gasteiger partial charge >= 0.3 is 0 Å². The summed E-state index contributed by atoms with van der Waals surface area (Å²) in [4.78, 5) is 11.1. The van der Waals surface area contributed by atoms with Crippen molar-refractivity contribution in [3.8, 4) is 0 Å². The van der Waals surface area contributed by atoms with E-state index in [4.69, 9.17) is 11.5 Å². The van der Waals surface area contributed by atoms with Crippen molar-refractivity contribution in [2.24, 2.45) is 0 Å². The molecule has 0 saturated carbocycles. The normalized spacial score (nSPS) is 11.2. The highest BCUT2D eigenvalue weighted by atomic mass is 32.1. The van der Waals surface area contributed by atoms with E-state index in [0.717, 1.165) is 21.1 Å². The van der Waals surface area contributed by atoms with E-state index in [9.17, 15) is 0 Å². The fourth-order valence-electron chi connectivity index (χ4n) is 2.46. The number of nitrogen functional groups attached to an aromatic ring is 2. The average molecular weight is 316 g/mol. The van der Waals surface area contributed by atoms with Gasteiger partial charge < -0.3 is 11.5 Å². The Bertz CT molecular complexity index is 715. The summed E-state index contributed by atoms with van der Waals surface area (Å²) in [5.74, 6) is 0.0933. The van der Waals surface area contributed by atoms with Crippen molar-refractivity contribution in [2.75, 3.05) is 11.5 Å². The van der Waals surface area contributed by atoms with E-state index in [1.165, 1.54) is 28.2 Å². The highest BCUT2D eigenvalue weighted by Gasteiger charge is 2.25. The zero-order valence-corrected chi connectivity index (χ0v) is 13.5. The van der Waals surface area contributed by atoms with Gasteiger partial charge in [-0.05, 0) is 19.4 Å². The number of aryl methyl sites for hydroxylation is 2. The molecule has 2 heterocycles. The van der Waals surface area contributed by atoms with Crippen LogP contribution in [0.1, 0.15) is 32.6 Å². The number of rotatable bonds is 3. The van der Waals surface area contributed by atoms with Crippen LogP contribution in [-0.4, -0.2) is 9.97 Å². The average Bonchev–Trinajstić information content (AvgIpc) is 2.94. The second kappa shape index (κ2) is 5.46. The maximum absolute atomic E-state index is 5.89. The first-order valence-electron chi connectivity index (χ1n) is 6.56. The molecule has 0 fully saturated rings. The van der Waals surface area contributed by atoms with Crippen molar-refractivity contribution < 1.29 is 0 Å². The molecule has 0 aliphatic heterocycles. The SMILES string of the molecule is Cc1nc(N)sc1C(c1ccccc1)c1sc(N)nc1C. The summed E-state index contributed by atoms with van der Waals surface area (Å²) in [5.41, 5.74) is 14.9. The lowest BCUT2D eigenvalue weighted by atomic mass is 9.94. The molecule has 3 aromatic rings. The third-order valence-corrected chi connectivity index (χ3v) is 5.46. The molecule has 3 rings (SSSR count). The standard InChI is InChI=1S/C15H16N4S2/c1-8-12(20-14(16)18-8)11(10-6-4-3-5-7-10)13-9(2)19-15(17)21-13/h3-7,11H,1-2H3,(H2,16,18)(H2,17,19). The molecule has 1 aromatic carbocycles. The summed E-state index contributed by atoms with van der Waals surface area (Å²) >= 11 is 3.07. The summed E-state index contributed by atoms with van der Waals surface area (Å²) in [7, 11) is 0. The first-order valence-corrected chi connectivity index (χ1v) is 8.20. The number of hydrogen-bond acceptors (Lipinski definition) is 6. The van der Waals surface area contributed by atoms with Gasteiger partial charge in [0.2, 0.25) is 0 Å². The van der Waals surface area contributed by atoms with Crippen molar-refractivity contribution >= 4 is 32.9 Å². The Hall–Kier alpha value is -1.92. The maximum Gasteiger partial charge on any atom is 0.180 e. The van der Waals surface area contributed by atoms with Crippen LogP contribution >= 0.6 is 22.7 Å². The van der Waals surface area contributed by atoms with Crippen molar-refractivity contribution in [2.45, 2.75) is 19.8 Å². The fourth-order valence-corrected chi connectivity index (χ4v) is 4.48. The predicted molar refractivity (Wildman–Crippen MR) is 89.9 cm³/mol. The van der Waals surface area contributed by atoms with Crippen LogP contribution in [-0.2, 0) is 0 Å². The molecule has 0 bridgehead atoms. The van der Waals surface area contributed by atoms with Crippen molar-refractivity contribution in [1.29, 1.82) is 0 Å². The van der Waals surface area contributed by atoms with Crippen molar-refractivity contribution in [1.82, 2.24) is 9.97 Å². The van der Waals surface area contributed by atoms with Gasteiger partial charge in [0.1, 0.15) is 0 Å². The highest BCUT2D eigenvalue weighted by Crippen LogP contribution is 2.41. The van der Waals surface area contributed by atoms with E-state index in [2.05, 4.69) is 22.1 Å². The number of nitrogens with zero attached hydrogens (tertiary/aromatic N) is 2. The van der Waals surface area contributed by atoms with Crippen LogP contribution in [0.25, 0.3) is 0 Å². The van der Waals surface area contributed by atoms with Gasteiger partial charge in [-0.1, -0.05) is 30.3 Å². The van der Waals surface area contributed by atoms with Gasteiger partial charge in [0.25, 0.3) is 0 Å². The number of hydrogen-bond donors (Lipinski definition) is 2. The Morgan fingerprint density at radius 1 is 0.857 bits per heavy atom. The Morgan fingerprint density at radius 3 is 1.71 bits per heavy atom. The minimum Gasteiger partial charge on any atom is -0.375 e. The smallest absolute Gasteiger partial charge is 0.180 e. The Kier molecular flexibility index (Phi) is 3.65. The molecule has 108 valence electrons. The quantitative estimate of drug-likeness (QED) is 0.774. The molecule has 0 saturated heterocycles. The van der Waals surface area contributed by atoms with E-state index in [1.807, 2.05) is 32.0 Å². The lowest BCUT2D eigenvalue weighted by Gasteiger charge is -2.15. The molecule has 0 radical (unpaired) electrons. The number of benzene rings is 1. The third-order valence-electron chi connectivity index (χ3n) is 3.36. The summed E-state index contributed by atoms with van der Waals surface area (Å²) in [5, 5.41) is 1.19. The van der Waals surface area contributed by atoms with Crippen LogP contribution in [0.5, 0.6) is 0 Å². The molecule has 0 aliphatic carbocycles. The van der Waals surface area contributed by atoms with E-state index in [1.54, 1.807) is 0 Å². The molecule has 0 amide bonds. The van der Waals surface area contributed by atoms with E-state index in [-0.39, 0.29) is 5.92 Å². The number of anilines is 2. The van der Waals surface area contributed by atoms with Crippen LogP contribution in [0.3, 0.4) is 0 Å². The molecule has 21 heavy (non-hydrogen) atoms. The molecular weight excluding hydrogens is 300 g/mol. The minimum atomic E-state index is 0.0933. The lowest BCUT2D eigenvalue weighted by Crippen LogP contribution is -2.02. The van der Waals surface area contributed by atoms with E-state index < -0.39 is 0 Å². The second-order valence-corrected chi connectivity index (χ2v) is 6.97. The Balaban J connectivity index is 2.21. The van der Waals surface area contributed by atoms with Crippen LogP contribution in [0.15, 0.2) is 30.3 Å². The van der Waals surface area contributed by atoms with Crippen molar-refractivity contribution in [3.63, 3.8) is 0 Å². The first kappa shape index (κ1) is 14.0. The van der Waals surface area contributed by atoms with E-state index >= 15 is 0 Å². The van der Waals surface area contributed by atoms with Crippen molar-refractivity contribution in [3.05, 3.63) is 57.0 Å². The van der Waals surface area contributed by atoms with Gasteiger partial charge in [-0.25, -0.2) is 9.97 Å². The summed E-state index contributed by atoms with van der Waals surface area (Å²) in [6.07, 6.45) is 0. The summed E-state index contributed by atoms with van der Waals surface area (Å²) in [6, 6.07) is 10.3. The molecular formula is C15H16N4S2. The predicted octanol–water partition coefficient (Wildman–Crippen LogP) is 3.56. The Labute approximate surface area is 131 Å². The molecule has 0 unspecified atom stereocenters. The molecule has 0 aliphatic rings. The van der Waals surface area contributed by atoms with Gasteiger partial charge in [0, 0.05) is 9.75 Å². The van der Waals surface area contributed by atoms with Crippen LogP contribution in [0.2, 0.25) is 0 Å². The van der Waals surface area contributed by atoms with Crippen LogP contribution in [0, 0.1) is 13.8 Å². The van der Waals surface area contributed by atoms with Crippen LogP contribution < -0.4 is 11.5 Å². The van der Waals surface area contributed by atoms with Gasteiger partial charge in [-0.3, -0.25) is 0 Å². The monoisotopic (exact) mass is 316 g/mol. The zero-order chi connectivity index (χ0) is 15.0. The largest absolute Gasteiger partial charge is 0.375 e. The first-order chi connectivity index (χ1) is 10.1. The summed E-state index contributed by atoms with van der Waals surface area (Å²) in [6.45, 7) is 4.00. The number of nitrogens with two attached hydrogens (primary N) is 2. The maximum atomic E-state index is 5.89. The van der Waals surface area contributed by atoms with Gasteiger partial charge in [0.05, 0.1) is 17.3 Å². The number of aromatic nitrogens is 2. The minimum absolute atomic E-state index is 0.0933.